The molecule has 0 bridgehead atoms. The number of esters is 3. The maximum Gasteiger partial charge on any atom is 0.306 e. The quantitative estimate of drug-likeness (QED) is 0.0264. The minimum absolute atomic E-state index is 0.0675. The van der Waals surface area contributed by atoms with Crippen molar-refractivity contribution in [3.63, 3.8) is 0 Å². The summed E-state index contributed by atoms with van der Waals surface area (Å²) in [7, 11) is 0. The summed E-state index contributed by atoms with van der Waals surface area (Å²) >= 11 is 0. The van der Waals surface area contributed by atoms with Crippen molar-refractivity contribution >= 4 is 17.9 Å². The van der Waals surface area contributed by atoms with Gasteiger partial charge < -0.3 is 14.2 Å². The average Bonchev–Trinajstić information content (AvgIpc) is 3.21. The Bertz CT molecular complexity index is 885. The fourth-order valence-electron chi connectivity index (χ4n) is 7.44. The molecule has 0 fully saturated rings. The Morgan fingerprint density at radius 1 is 0.333 bits per heavy atom. The van der Waals surface area contributed by atoms with E-state index in [1.165, 1.54) is 173 Å². The molecule has 0 saturated heterocycles. The number of unbranched alkanes of at least 4 members (excludes halogenated alkanes) is 33. The Hall–Kier alpha value is -1.85. The summed E-state index contributed by atoms with van der Waals surface area (Å²) in [5.41, 5.74) is 0. The second-order valence-electron chi connectivity index (χ2n) is 17.1. The number of hydrogen-bond acceptors (Lipinski definition) is 6. The van der Waals surface area contributed by atoms with E-state index in [1.54, 1.807) is 0 Å². The zero-order valence-corrected chi connectivity index (χ0v) is 38.4. The van der Waals surface area contributed by atoms with Crippen LogP contribution in [0, 0.1) is 0 Å². The molecule has 0 radical (unpaired) electrons. The van der Waals surface area contributed by atoms with Gasteiger partial charge in [-0.25, -0.2) is 0 Å². The summed E-state index contributed by atoms with van der Waals surface area (Å²) in [4.78, 5) is 37.8. The molecule has 0 N–H and O–H groups in total. The summed E-state index contributed by atoms with van der Waals surface area (Å²) in [6.07, 6.45) is 50.4. The Morgan fingerprint density at radius 3 is 0.895 bits per heavy atom. The zero-order chi connectivity index (χ0) is 41.5. The van der Waals surface area contributed by atoms with Gasteiger partial charge in [-0.15, -0.1) is 0 Å². The highest BCUT2D eigenvalue weighted by Crippen LogP contribution is 2.16. The van der Waals surface area contributed by atoms with Crippen LogP contribution in [0.2, 0.25) is 0 Å². The normalized spacial score (nSPS) is 12.0. The number of hydrogen-bond donors (Lipinski definition) is 0. The van der Waals surface area contributed by atoms with Crippen molar-refractivity contribution in [2.75, 3.05) is 13.2 Å². The van der Waals surface area contributed by atoms with Gasteiger partial charge >= 0.3 is 17.9 Å². The third-order valence-corrected chi connectivity index (χ3v) is 11.3. The van der Waals surface area contributed by atoms with E-state index in [0.717, 1.165) is 64.2 Å². The minimum atomic E-state index is -0.765. The van der Waals surface area contributed by atoms with E-state index in [0.29, 0.717) is 19.3 Å². The van der Waals surface area contributed by atoms with Crippen molar-refractivity contribution in [2.24, 2.45) is 0 Å². The summed E-state index contributed by atoms with van der Waals surface area (Å²) in [6.45, 7) is 6.64. The molecule has 1 atom stereocenters. The zero-order valence-electron chi connectivity index (χ0n) is 38.4. The third-order valence-electron chi connectivity index (χ3n) is 11.3. The van der Waals surface area contributed by atoms with Crippen LogP contribution in [0.4, 0.5) is 0 Å². The van der Waals surface area contributed by atoms with E-state index in [2.05, 4.69) is 32.9 Å². The number of carbonyl (C=O) groups excluding carboxylic acids is 3. The van der Waals surface area contributed by atoms with Crippen molar-refractivity contribution in [2.45, 2.75) is 284 Å². The Labute approximate surface area is 354 Å². The lowest BCUT2D eigenvalue weighted by Crippen LogP contribution is -2.30. The maximum absolute atomic E-state index is 12.8. The topological polar surface area (TPSA) is 78.9 Å². The second kappa shape index (κ2) is 46.8. The second-order valence-corrected chi connectivity index (χ2v) is 17.1. The van der Waals surface area contributed by atoms with Crippen molar-refractivity contribution in [1.82, 2.24) is 0 Å². The summed E-state index contributed by atoms with van der Waals surface area (Å²) in [5, 5.41) is 0. The van der Waals surface area contributed by atoms with E-state index in [-0.39, 0.29) is 31.1 Å². The summed E-state index contributed by atoms with van der Waals surface area (Å²) in [6, 6.07) is 0. The molecule has 0 aromatic rings. The van der Waals surface area contributed by atoms with Crippen LogP contribution in [0.15, 0.2) is 12.2 Å². The molecule has 0 aromatic carbocycles. The highest BCUT2D eigenvalue weighted by molar-refractivity contribution is 5.71. The van der Waals surface area contributed by atoms with Gasteiger partial charge in [-0.2, -0.15) is 0 Å². The molecule has 0 aliphatic heterocycles. The predicted molar refractivity (Wildman–Crippen MR) is 243 cm³/mol. The first-order valence-electron chi connectivity index (χ1n) is 25.2. The van der Waals surface area contributed by atoms with Crippen molar-refractivity contribution in [1.29, 1.82) is 0 Å². The molecule has 0 saturated carbocycles. The Morgan fingerprint density at radius 2 is 0.579 bits per heavy atom. The van der Waals surface area contributed by atoms with E-state index in [9.17, 15) is 14.4 Å². The molecule has 336 valence electrons. The fraction of sp³-hybridized carbons (Fsp3) is 0.902. The van der Waals surface area contributed by atoms with Crippen molar-refractivity contribution in [3.05, 3.63) is 12.2 Å². The first-order chi connectivity index (χ1) is 28.0. The molecular formula is C51H96O6. The Balaban J connectivity index is 4.33. The minimum Gasteiger partial charge on any atom is -0.462 e. The number of rotatable bonds is 46. The average molecular weight is 805 g/mol. The van der Waals surface area contributed by atoms with Crippen LogP contribution in [0.3, 0.4) is 0 Å². The van der Waals surface area contributed by atoms with Crippen LogP contribution in [0.5, 0.6) is 0 Å². The van der Waals surface area contributed by atoms with E-state index in [1.807, 2.05) is 0 Å². The van der Waals surface area contributed by atoms with Crippen molar-refractivity contribution in [3.8, 4) is 0 Å². The molecule has 0 aromatic heterocycles. The fourth-order valence-corrected chi connectivity index (χ4v) is 7.44. The van der Waals surface area contributed by atoms with Gasteiger partial charge in [0.1, 0.15) is 13.2 Å². The van der Waals surface area contributed by atoms with E-state index < -0.39 is 6.10 Å². The van der Waals surface area contributed by atoms with Crippen LogP contribution >= 0.6 is 0 Å². The summed E-state index contributed by atoms with van der Waals surface area (Å²) < 4.78 is 16.8. The highest BCUT2D eigenvalue weighted by Gasteiger charge is 2.19. The predicted octanol–water partition coefficient (Wildman–Crippen LogP) is 16.2. The lowest BCUT2D eigenvalue weighted by molar-refractivity contribution is -0.167. The van der Waals surface area contributed by atoms with E-state index in [4.69, 9.17) is 14.2 Å². The molecular weight excluding hydrogens is 709 g/mol. The molecule has 0 unspecified atom stereocenters. The van der Waals surface area contributed by atoms with Crippen LogP contribution in [0.1, 0.15) is 278 Å². The van der Waals surface area contributed by atoms with Gasteiger partial charge in [-0.3, -0.25) is 14.4 Å². The summed E-state index contributed by atoms with van der Waals surface area (Å²) in [5.74, 6) is -0.863. The van der Waals surface area contributed by atoms with Gasteiger partial charge in [0.05, 0.1) is 0 Å². The van der Waals surface area contributed by atoms with Crippen molar-refractivity contribution < 1.29 is 28.6 Å². The maximum atomic E-state index is 12.8. The molecule has 0 aliphatic rings. The van der Waals surface area contributed by atoms with Crippen LogP contribution in [0.25, 0.3) is 0 Å². The van der Waals surface area contributed by atoms with Gasteiger partial charge in [0.15, 0.2) is 6.10 Å². The number of carbonyl (C=O) groups is 3. The molecule has 0 aliphatic carbocycles. The molecule has 0 spiro atoms. The third kappa shape index (κ3) is 45.1. The highest BCUT2D eigenvalue weighted by atomic mass is 16.6. The molecule has 0 heterocycles. The van der Waals surface area contributed by atoms with Crippen LogP contribution in [-0.4, -0.2) is 37.2 Å². The monoisotopic (exact) mass is 805 g/mol. The van der Waals surface area contributed by atoms with E-state index >= 15 is 0 Å². The van der Waals surface area contributed by atoms with Crippen LogP contribution < -0.4 is 0 Å². The van der Waals surface area contributed by atoms with Gasteiger partial charge in [0.25, 0.3) is 0 Å². The van der Waals surface area contributed by atoms with Crippen LogP contribution in [-0.2, 0) is 28.6 Å². The lowest BCUT2D eigenvalue weighted by atomic mass is 10.0. The van der Waals surface area contributed by atoms with Gasteiger partial charge in [-0.05, 0) is 44.9 Å². The molecule has 0 rings (SSSR count). The van der Waals surface area contributed by atoms with Gasteiger partial charge in [0, 0.05) is 19.3 Å². The first-order valence-corrected chi connectivity index (χ1v) is 25.2. The van der Waals surface area contributed by atoms with Gasteiger partial charge in [-0.1, -0.05) is 226 Å². The number of ether oxygens (including phenoxy) is 3. The Kier molecular flexibility index (Phi) is 45.3. The number of allylic oxidation sites excluding steroid dienone is 2. The standard InChI is InChI=1S/C51H96O6/c1-4-7-10-13-16-19-22-24-25-27-30-33-36-39-42-45-51(54)57-48(46-55-49(52)43-40-37-34-31-28-21-18-15-12-9-6-3)47-56-50(53)44-41-38-35-32-29-26-23-20-17-14-11-8-5-2/h20,23,48H,4-19,21-22,24-47H2,1-3H3/b23-20-/t48-/m0/s1. The molecule has 6 heteroatoms. The first kappa shape index (κ1) is 55.2. The molecule has 0 amide bonds. The molecule has 57 heavy (non-hydrogen) atoms. The largest absolute Gasteiger partial charge is 0.462 e. The smallest absolute Gasteiger partial charge is 0.306 e. The van der Waals surface area contributed by atoms with Gasteiger partial charge in [0.2, 0.25) is 0 Å². The lowest BCUT2D eigenvalue weighted by Gasteiger charge is -2.18. The molecule has 6 nitrogen and oxygen atoms in total. The SMILES string of the molecule is CCCCCC/C=C\CCCCCCCC(=O)OC[C@H](COC(=O)CCCCCCCCCCCCC)OC(=O)CCCCCCCCCCCCCCCCC.